The van der Waals surface area contributed by atoms with Crippen molar-refractivity contribution in [3.63, 3.8) is 0 Å². The topological polar surface area (TPSA) is 20.2 Å². The number of hydrogen-bond acceptors (Lipinski definition) is 1. The van der Waals surface area contributed by atoms with Crippen LogP contribution in [0.2, 0.25) is 0 Å². The predicted octanol–water partition coefficient (Wildman–Crippen LogP) is 6.75. The van der Waals surface area contributed by atoms with E-state index in [0.717, 1.165) is 18.2 Å². The van der Waals surface area contributed by atoms with Crippen molar-refractivity contribution in [3.8, 4) is 0 Å². The first-order valence-electron chi connectivity index (χ1n) is 8.08. The molecule has 0 radical (unpaired) electrons. The smallest absolute Gasteiger partial charge is 0.0614 e. The van der Waals surface area contributed by atoms with Gasteiger partial charge in [-0.1, -0.05) is 62.5 Å². The zero-order valence-electron chi connectivity index (χ0n) is 15.4. The van der Waals surface area contributed by atoms with E-state index in [0.29, 0.717) is 0 Å². The Labute approximate surface area is 147 Å². The fourth-order valence-electron chi connectivity index (χ4n) is 1.67. The minimum atomic E-state index is 0.167. The SMILES string of the molecule is CC(C)=CCC/C(C)=C/CBr.CC(C)=CCC/C(C)=C/CO. The highest BCUT2D eigenvalue weighted by Crippen LogP contribution is 2.07. The number of alkyl halides is 1. The van der Waals surface area contributed by atoms with E-state index in [1.54, 1.807) is 0 Å². The van der Waals surface area contributed by atoms with Gasteiger partial charge in [0.05, 0.1) is 6.61 Å². The van der Waals surface area contributed by atoms with E-state index in [9.17, 15) is 0 Å². The lowest BCUT2D eigenvalue weighted by Crippen LogP contribution is -1.80. The number of hydrogen-bond donors (Lipinski definition) is 1. The van der Waals surface area contributed by atoms with Gasteiger partial charge in [0.2, 0.25) is 0 Å². The third-order valence-corrected chi connectivity index (χ3v) is 3.37. The van der Waals surface area contributed by atoms with Gasteiger partial charge in [0.25, 0.3) is 0 Å². The minimum absolute atomic E-state index is 0.167. The van der Waals surface area contributed by atoms with Crippen LogP contribution in [0.3, 0.4) is 0 Å². The molecule has 0 aromatic carbocycles. The summed E-state index contributed by atoms with van der Waals surface area (Å²) in [4.78, 5) is 0. The standard InChI is InChI=1S/C10H17Br.C10H18O/c2*1-9(2)5-4-6-10(3)7-8-11/h5,7H,4,6,8H2,1-3H3;5,7,11H,4,6,8H2,1-3H3/b2*10-7+. The molecule has 0 aliphatic rings. The minimum Gasteiger partial charge on any atom is -0.392 e. The first kappa shape index (κ1) is 23.7. The summed E-state index contributed by atoms with van der Waals surface area (Å²) in [5.41, 5.74) is 5.52. The molecule has 0 fully saturated rings. The van der Waals surface area contributed by atoms with Crippen LogP contribution in [-0.2, 0) is 0 Å². The molecule has 0 aromatic heterocycles. The van der Waals surface area contributed by atoms with E-state index >= 15 is 0 Å². The molecule has 0 rings (SSSR count). The Balaban J connectivity index is 0. The Kier molecular flexibility index (Phi) is 18.0. The number of aliphatic hydroxyl groups is 1. The van der Waals surface area contributed by atoms with Crippen LogP contribution in [-0.4, -0.2) is 17.0 Å². The lowest BCUT2D eigenvalue weighted by atomic mass is 10.1. The molecule has 0 aliphatic carbocycles. The van der Waals surface area contributed by atoms with Crippen LogP contribution >= 0.6 is 15.9 Å². The van der Waals surface area contributed by atoms with Crippen LogP contribution in [0, 0.1) is 0 Å². The van der Waals surface area contributed by atoms with Crippen LogP contribution in [0.25, 0.3) is 0 Å². The van der Waals surface area contributed by atoms with Gasteiger partial charge in [-0.2, -0.15) is 0 Å². The maximum atomic E-state index is 8.55. The number of rotatable bonds is 8. The Morgan fingerprint density at radius 2 is 1.14 bits per heavy atom. The second-order valence-electron chi connectivity index (χ2n) is 6.08. The van der Waals surface area contributed by atoms with E-state index in [2.05, 4.69) is 75.7 Å². The molecule has 1 N–H and O–H groups in total. The molecule has 22 heavy (non-hydrogen) atoms. The second-order valence-corrected chi connectivity index (χ2v) is 6.73. The van der Waals surface area contributed by atoms with Crippen molar-refractivity contribution in [3.05, 3.63) is 46.6 Å². The van der Waals surface area contributed by atoms with Gasteiger partial charge in [-0.25, -0.2) is 0 Å². The third-order valence-electron chi connectivity index (χ3n) is 3.05. The van der Waals surface area contributed by atoms with Crippen LogP contribution in [0.15, 0.2) is 46.6 Å². The maximum Gasteiger partial charge on any atom is 0.0614 e. The van der Waals surface area contributed by atoms with Gasteiger partial charge in [0.1, 0.15) is 0 Å². The molecule has 0 amide bonds. The molecule has 0 spiro atoms. The van der Waals surface area contributed by atoms with E-state index in [1.165, 1.54) is 35.1 Å². The molecule has 0 bridgehead atoms. The van der Waals surface area contributed by atoms with Crippen LogP contribution in [0.1, 0.15) is 67.2 Å². The van der Waals surface area contributed by atoms with Gasteiger partial charge in [0.15, 0.2) is 0 Å². The number of allylic oxidation sites excluding steroid dienone is 7. The predicted molar refractivity (Wildman–Crippen MR) is 106 cm³/mol. The molecule has 0 aliphatic heterocycles. The average Bonchev–Trinajstić information content (AvgIpc) is 2.39. The first-order chi connectivity index (χ1) is 10.3. The lowest BCUT2D eigenvalue weighted by Gasteiger charge is -1.96. The van der Waals surface area contributed by atoms with E-state index in [4.69, 9.17) is 5.11 Å². The number of aliphatic hydroxyl groups excluding tert-OH is 1. The molecule has 128 valence electrons. The van der Waals surface area contributed by atoms with Crippen molar-refractivity contribution in [2.75, 3.05) is 11.9 Å². The summed E-state index contributed by atoms with van der Waals surface area (Å²) >= 11 is 3.38. The van der Waals surface area contributed by atoms with Gasteiger partial charge in [-0.3, -0.25) is 0 Å². The summed E-state index contributed by atoms with van der Waals surface area (Å²) < 4.78 is 0. The summed E-state index contributed by atoms with van der Waals surface area (Å²) in [5.74, 6) is 0. The molecule has 0 aromatic rings. The van der Waals surface area contributed by atoms with Crippen molar-refractivity contribution in [2.24, 2.45) is 0 Å². The van der Waals surface area contributed by atoms with Gasteiger partial charge in [-0.15, -0.1) is 0 Å². The van der Waals surface area contributed by atoms with Crippen molar-refractivity contribution in [2.45, 2.75) is 67.2 Å². The van der Waals surface area contributed by atoms with Gasteiger partial charge in [0, 0.05) is 5.33 Å². The summed E-state index contributed by atoms with van der Waals surface area (Å²) in [6, 6.07) is 0. The highest BCUT2D eigenvalue weighted by atomic mass is 79.9. The lowest BCUT2D eigenvalue weighted by molar-refractivity contribution is 0.341. The zero-order chi connectivity index (χ0) is 17.4. The molecule has 2 heteroatoms. The van der Waals surface area contributed by atoms with Crippen molar-refractivity contribution in [1.82, 2.24) is 0 Å². The third kappa shape index (κ3) is 21.7. The Bertz CT molecular complexity index is 341. The highest BCUT2D eigenvalue weighted by molar-refractivity contribution is 9.09. The van der Waals surface area contributed by atoms with Crippen molar-refractivity contribution < 1.29 is 5.11 Å². The Morgan fingerprint density at radius 1 is 0.727 bits per heavy atom. The zero-order valence-corrected chi connectivity index (χ0v) is 17.0. The van der Waals surface area contributed by atoms with Crippen molar-refractivity contribution >= 4 is 15.9 Å². The summed E-state index contributed by atoms with van der Waals surface area (Å²) in [6.45, 7) is 12.9. The van der Waals surface area contributed by atoms with Gasteiger partial charge < -0.3 is 5.11 Å². The van der Waals surface area contributed by atoms with Gasteiger partial charge >= 0.3 is 0 Å². The van der Waals surface area contributed by atoms with Crippen LogP contribution in [0.4, 0.5) is 0 Å². The van der Waals surface area contributed by atoms with Crippen LogP contribution < -0.4 is 0 Å². The summed E-state index contributed by atoms with van der Waals surface area (Å²) in [7, 11) is 0. The van der Waals surface area contributed by atoms with Crippen LogP contribution in [0.5, 0.6) is 0 Å². The fourth-order valence-corrected chi connectivity index (χ4v) is 2.22. The van der Waals surface area contributed by atoms with Gasteiger partial charge in [-0.05, 0) is 67.2 Å². The quantitative estimate of drug-likeness (QED) is 0.370. The normalized spacial score (nSPS) is 11.5. The molecule has 1 nitrogen and oxygen atoms in total. The van der Waals surface area contributed by atoms with E-state index in [1.807, 2.05) is 6.08 Å². The molecule has 0 unspecified atom stereocenters. The Morgan fingerprint density at radius 3 is 1.45 bits per heavy atom. The molecule has 0 saturated carbocycles. The largest absolute Gasteiger partial charge is 0.392 e. The van der Waals surface area contributed by atoms with E-state index in [-0.39, 0.29) is 6.61 Å². The summed E-state index contributed by atoms with van der Waals surface area (Å²) in [5, 5.41) is 9.53. The first-order valence-corrected chi connectivity index (χ1v) is 9.20. The molecule has 0 atom stereocenters. The second kappa shape index (κ2) is 16.8. The number of halogens is 1. The summed E-state index contributed by atoms with van der Waals surface area (Å²) in [6.07, 6.45) is 13.1. The molecule has 0 saturated heterocycles. The Hall–Kier alpha value is -0.600. The maximum absolute atomic E-state index is 8.55. The van der Waals surface area contributed by atoms with Crippen molar-refractivity contribution in [1.29, 1.82) is 0 Å². The molecular formula is C20H35BrO. The monoisotopic (exact) mass is 370 g/mol. The average molecular weight is 371 g/mol. The molecular weight excluding hydrogens is 336 g/mol. The fraction of sp³-hybridized carbons (Fsp3) is 0.600. The molecule has 0 heterocycles. The van der Waals surface area contributed by atoms with E-state index < -0.39 is 0 Å². The highest BCUT2D eigenvalue weighted by Gasteiger charge is 1.87.